The van der Waals surface area contributed by atoms with Gasteiger partial charge in [-0.15, -0.1) is 0 Å². The molecule has 0 saturated carbocycles. The molecule has 0 bridgehead atoms. The fourth-order valence-corrected chi connectivity index (χ4v) is 1.17. The van der Waals surface area contributed by atoms with Crippen LogP contribution in [0.4, 0.5) is 0 Å². The van der Waals surface area contributed by atoms with Crippen LogP contribution in [0.1, 0.15) is 25.5 Å². The normalized spacial score (nSPS) is 12.5. The van der Waals surface area contributed by atoms with E-state index in [9.17, 15) is 5.11 Å². The summed E-state index contributed by atoms with van der Waals surface area (Å²) in [5, 5.41) is 9.36. The number of hydrogen-bond acceptors (Lipinski definition) is 2. The minimum absolute atomic E-state index is 0.555. The molecule has 1 N–H and O–H groups in total. The van der Waals surface area contributed by atoms with Gasteiger partial charge in [0.1, 0.15) is 13.6 Å². The molecule has 3 heteroatoms. The highest BCUT2D eigenvalue weighted by Crippen LogP contribution is 2.16. The zero-order chi connectivity index (χ0) is 9.84. The van der Waals surface area contributed by atoms with Crippen LogP contribution in [0.15, 0.2) is 18.2 Å². The Kier molecular flexibility index (Phi) is 3.37. The lowest BCUT2D eigenvalue weighted by Gasteiger charge is -2.11. The number of hydrogen-bond donors (Lipinski definition) is 1. The monoisotopic (exact) mass is 176 g/mol. The van der Waals surface area contributed by atoms with Gasteiger partial charge in [-0.1, -0.05) is 11.5 Å². The second-order valence-corrected chi connectivity index (χ2v) is 2.90. The van der Waals surface area contributed by atoms with Crippen LogP contribution in [0.25, 0.3) is 0 Å². The van der Waals surface area contributed by atoms with Crippen molar-refractivity contribution >= 4 is 13.3 Å². The van der Waals surface area contributed by atoms with E-state index in [1.807, 2.05) is 6.92 Å². The van der Waals surface area contributed by atoms with Gasteiger partial charge in [0.25, 0.3) is 0 Å². The summed E-state index contributed by atoms with van der Waals surface area (Å²) < 4.78 is 5.28. The molecule has 68 valence electrons. The predicted molar refractivity (Wildman–Crippen MR) is 53.6 cm³/mol. The van der Waals surface area contributed by atoms with E-state index < -0.39 is 6.10 Å². The molecule has 0 aliphatic heterocycles. The second-order valence-electron chi connectivity index (χ2n) is 2.90. The maximum absolute atomic E-state index is 9.36. The van der Waals surface area contributed by atoms with Gasteiger partial charge in [0.2, 0.25) is 0 Å². The average Bonchev–Trinajstić information content (AvgIpc) is 2.08. The van der Waals surface area contributed by atoms with Gasteiger partial charge >= 0.3 is 0 Å². The Hall–Kier alpha value is -0.955. The van der Waals surface area contributed by atoms with Crippen molar-refractivity contribution in [1.82, 2.24) is 0 Å². The molecule has 0 spiro atoms. The minimum atomic E-state index is -0.555. The third-order valence-electron chi connectivity index (χ3n) is 1.82. The average molecular weight is 176 g/mol. The topological polar surface area (TPSA) is 29.5 Å². The first-order valence-electron chi connectivity index (χ1n) is 4.35. The molecule has 0 amide bonds. The van der Waals surface area contributed by atoms with Gasteiger partial charge in [0, 0.05) is 0 Å². The summed E-state index contributed by atoms with van der Waals surface area (Å²) in [5.74, 6) is 0.743. The van der Waals surface area contributed by atoms with Gasteiger partial charge in [-0.25, -0.2) is 0 Å². The minimum Gasteiger partial charge on any atom is -0.494 e. The molecule has 1 rings (SSSR count). The maximum Gasteiger partial charge on any atom is 0.119 e. The van der Waals surface area contributed by atoms with E-state index >= 15 is 0 Å². The lowest BCUT2D eigenvalue weighted by atomic mass is 9.88. The third kappa shape index (κ3) is 2.49. The van der Waals surface area contributed by atoms with Crippen LogP contribution in [0.5, 0.6) is 5.75 Å². The number of benzene rings is 1. The van der Waals surface area contributed by atoms with Crippen LogP contribution in [0.2, 0.25) is 0 Å². The van der Waals surface area contributed by atoms with E-state index in [1.165, 1.54) is 0 Å². The van der Waals surface area contributed by atoms with Crippen molar-refractivity contribution < 1.29 is 9.84 Å². The molecule has 2 nitrogen and oxygen atoms in total. The summed E-state index contributed by atoms with van der Waals surface area (Å²) >= 11 is 0. The van der Waals surface area contributed by atoms with Gasteiger partial charge in [-0.2, -0.15) is 0 Å². The Morgan fingerprint density at radius 1 is 1.54 bits per heavy atom. The van der Waals surface area contributed by atoms with Gasteiger partial charge < -0.3 is 9.84 Å². The highest BCUT2D eigenvalue weighted by Gasteiger charge is 2.05. The van der Waals surface area contributed by atoms with Crippen molar-refractivity contribution in [3.8, 4) is 5.75 Å². The summed E-state index contributed by atoms with van der Waals surface area (Å²) in [5.41, 5.74) is 1.31. The molecule has 1 aromatic rings. The lowest BCUT2D eigenvalue weighted by Crippen LogP contribution is -2.12. The number of rotatable bonds is 3. The molecule has 0 fully saturated rings. The van der Waals surface area contributed by atoms with Crippen molar-refractivity contribution in [3.63, 3.8) is 0 Å². The summed E-state index contributed by atoms with van der Waals surface area (Å²) in [6.45, 7) is 4.21. The van der Waals surface area contributed by atoms with Crippen molar-refractivity contribution in [2.45, 2.75) is 20.0 Å². The molecule has 1 atom stereocenters. The summed E-state index contributed by atoms with van der Waals surface area (Å²) in [4.78, 5) is 0. The smallest absolute Gasteiger partial charge is 0.119 e. The van der Waals surface area contributed by atoms with Gasteiger partial charge in [0.15, 0.2) is 0 Å². The van der Waals surface area contributed by atoms with Crippen LogP contribution >= 0.6 is 0 Å². The largest absolute Gasteiger partial charge is 0.494 e. The first-order valence-corrected chi connectivity index (χ1v) is 4.35. The SMILES string of the molecule is [B]c1ccc(OCC)cc1[C@@H](C)O. The quantitative estimate of drug-likeness (QED) is 0.694. The molecule has 0 aromatic heterocycles. The van der Waals surface area contributed by atoms with Gasteiger partial charge in [-0.05, 0) is 31.5 Å². The molecule has 2 radical (unpaired) electrons. The molecule has 0 heterocycles. The van der Waals surface area contributed by atoms with E-state index in [2.05, 4.69) is 0 Å². The standard InChI is InChI=1S/C10H13BO2/c1-3-13-8-4-5-10(11)9(6-8)7(2)12/h4-7,12H,3H2,1-2H3/t7-/m1/s1. The zero-order valence-corrected chi connectivity index (χ0v) is 7.95. The summed E-state index contributed by atoms with van der Waals surface area (Å²) in [7, 11) is 5.67. The molecule has 13 heavy (non-hydrogen) atoms. The Morgan fingerprint density at radius 3 is 2.77 bits per heavy atom. The summed E-state index contributed by atoms with van der Waals surface area (Å²) in [6.07, 6.45) is -0.555. The number of ether oxygens (including phenoxy) is 1. The van der Waals surface area contributed by atoms with Crippen LogP contribution in [0, 0.1) is 0 Å². The van der Waals surface area contributed by atoms with Gasteiger partial charge in [-0.3, -0.25) is 0 Å². The Balaban J connectivity index is 2.97. The zero-order valence-electron chi connectivity index (χ0n) is 7.95. The van der Waals surface area contributed by atoms with Crippen LogP contribution < -0.4 is 10.2 Å². The van der Waals surface area contributed by atoms with Crippen molar-refractivity contribution in [2.75, 3.05) is 6.61 Å². The summed E-state index contributed by atoms with van der Waals surface area (Å²) in [6, 6.07) is 5.31. The molecule has 0 aliphatic rings. The Labute approximate surface area is 80.0 Å². The van der Waals surface area contributed by atoms with E-state index in [1.54, 1.807) is 25.1 Å². The fraction of sp³-hybridized carbons (Fsp3) is 0.400. The van der Waals surface area contributed by atoms with Crippen molar-refractivity contribution in [2.24, 2.45) is 0 Å². The first-order chi connectivity index (χ1) is 6.15. The number of aliphatic hydroxyl groups excluding tert-OH is 1. The highest BCUT2D eigenvalue weighted by molar-refractivity contribution is 6.33. The van der Waals surface area contributed by atoms with Crippen molar-refractivity contribution in [3.05, 3.63) is 23.8 Å². The maximum atomic E-state index is 9.36. The first kappa shape index (κ1) is 10.1. The molecular weight excluding hydrogens is 163 g/mol. The third-order valence-corrected chi connectivity index (χ3v) is 1.82. The van der Waals surface area contributed by atoms with Crippen LogP contribution in [-0.2, 0) is 0 Å². The Morgan fingerprint density at radius 2 is 2.23 bits per heavy atom. The van der Waals surface area contributed by atoms with Crippen LogP contribution in [0.3, 0.4) is 0 Å². The van der Waals surface area contributed by atoms with E-state index in [0.717, 1.165) is 5.75 Å². The Bertz CT molecular complexity index is 284. The van der Waals surface area contributed by atoms with E-state index in [4.69, 9.17) is 12.6 Å². The molecule has 0 aliphatic carbocycles. The molecule has 1 aromatic carbocycles. The molecule has 0 saturated heterocycles. The predicted octanol–water partition coefficient (Wildman–Crippen LogP) is 0.932. The van der Waals surface area contributed by atoms with E-state index in [-0.39, 0.29) is 0 Å². The fourth-order valence-electron chi connectivity index (χ4n) is 1.17. The highest BCUT2D eigenvalue weighted by atomic mass is 16.5. The second kappa shape index (κ2) is 4.33. The van der Waals surface area contributed by atoms with Crippen molar-refractivity contribution in [1.29, 1.82) is 0 Å². The number of aliphatic hydroxyl groups is 1. The lowest BCUT2D eigenvalue weighted by molar-refractivity contribution is 0.199. The molecular formula is C10H13BO2. The van der Waals surface area contributed by atoms with E-state index in [0.29, 0.717) is 17.6 Å². The molecule has 0 unspecified atom stereocenters. The van der Waals surface area contributed by atoms with Gasteiger partial charge in [0.05, 0.1) is 12.7 Å². The van der Waals surface area contributed by atoms with Crippen LogP contribution in [-0.4, -0.2) is 19.6 Å².